The summed E-state index contributed by atoms with van der Waals surface area (Å²) in [6.07, 6.45) is 3.35. The van der Waals surface area contributed by atoms with Crippen LogP contribution in [0.3, 0.4) is 0 Å². The van der Waals surface area contributed by atoms with Crippen molar-refractivity contribution < 1.29 is 8.42 Å². The maximum absolute atomic E-state index is 11.8. The summed E-state index contributed by atoms with van der Waals surface area (Å²) >= 11 is 18.9. The summed E-state index contributed by atoms with van der Waals surface area (Å²) in [5.74, 6) is 0.484. The number of anilines is 1. The minimum absolute atomic E-state index is 0.166. The van der Waals surface area contributed by atoms with Gasteiger partial charge in [-0.3, -0.25) is 0 Å². The highest BCUT2D eigenvalue weighted by Crippen LogP contribution is 2.40. The summed E-state index contributed by atoms with van der Waals surface area (Å²) in [7, 11) is -3.11. The van der Waals surface area contributed by atoms with Crippen molar-refractivity contribution in [1.82, 2.24) is 9.21 Å². The Bertz CT molecular complexity index is 1040. The first-order valence-electron chi connectivity index (χ1n) is 10.9. The number of piperidine rings is 1. The largest absolute Gasteiger partial charge is 0.364 e. The molecule has 0 aromatic heterocycles. The van der Waals surface area contributed by atoms with E-state index in [1.54, 1.807) is 4.31 Å². The summed E-state index contributed by atoms with van der Waals surface area (Å²) < 4.78 is 25.2. The van der Waals surface area contributed by atoms with Gasteiger partial charge in [-0.15, -0.1) is 0 Å². The van der Waals surface area contributed by atoms with E-state index in [1.165, 1.54) is 6.26 Å². The Morgan fingerprint density at radius 2 is 1.56 bits per heavy atom. The number of nitrogens with zero attached hydrogens (tertiary/aromatic N) is 3. The van der Waals surface area contributed by atoms with Gasteiger partial charge in [-0.25, -0.2) is 8.42 Å². The number of hydrogen-bond donors (Lipinski definition) is 0. The fraction of sp³-hybridized carbons (Fsp3) is 0.478. The van der Waals surface area contributed by atoms with Crippen LogP contribution in [0.1, 0.15) is 24.4 Å². The van der Waals surface area contributed by atoms with E-state index in [1.807, 2.05) is 30.3 Å². The zero-order chi connectivity index (χ0) is 22.9. The first-order chi connectivity index (χ1) is 15.2. The van der Waals surface area contributed by atoms with Gasteiger partial charge >= 0.3 is 0 Å². The van der Waals surface area contributed by atoms with Crippen LogP contribution in [-0.4, -0.2) is 63.1 Å². The van der Waals surface area contributed by atoms with Crippen molar-refractivity contribution in [1.29, 1.82) is 0 Å². The van der Waals surface area contributed by atoms with Gasteiger partial charge < -0.3 is 9.80 Å². The van der Waals surface area contributed by atoms with Crippen LogP contribution in [0.2, 0.25) is 15.1 Å². The van der Waals surface area contributed by atoms with Crippen molar-refractivity contribution in [3.8, 4) is 0 Å². The highest BCUT2D eigenvalue weighted by Gasteiger charge is 2.33. The van der Waals surface area contributed by atoms with E-state index in [2.05, 4.69) is 21.9 Å². The van der Waals surface area contributed by atoms with Crippen molar-refractivity contribution in [3.63, 3.8) is 0 Å². The molecule has 2 atom stereocenters. The normalized spacial score (nSPS) is 23.4. The molecule has 0 bridgehead atoms. The molecule has 0 saturated carbocycles. The molecule has 174 valence electrons. The zero-order valence-corrected chi connectivity index (χ0v) is 21.1. The molecule has 0 amide bonds. The Morgan fingerprint density at radius 3 is 2.19 bits per heavy atom. The van der Waals surface area contributed by atoms with Gasteiger partial charge in [-0.1, -0.05) is 40.9 Å². The molecule has 2 aromatic carbocycles. The molecule has 0 unspecified atom stereocenters. The molecule has 9 heteroatoms. The lowest BCUT2D eigenvalue weighted by Crippen LogP contribution is -2.51. The van der Waals surface area contributed by atoms with Gasteiger partial charge in [0, 0.05) is 60.0 Å². The predicted octanol–water partition coefficient (Wildman–Crippen LogP) is 5.18. The van der Waals surface area contributed by atoms with Gasteiger partial charge in [0.1, 0.15) is 0 Å². The van der Waals surface area contributed by atoms with E-state index >= 15 is 0 Å². The van der Waals surface area contributed by atoms with Crippen LogP contribution in [0, 0.1) is 5.92 Å². The Morgan fingerprint density at radius 1 is 0.906 bits per heavy atom. The molecule has 0 spiro atoms. The van der Waals surface area contributed by atoms with Crippen molar-refractivity contribution in [2.24, 2.45) is 5.92 Å². The third-order valence-electron chi connectivity index (χ3n) is 6.48. The van der Waals surface area contributed by atoms with E-state index in [4.69, 9.17) is 34.8 Å². The van der Waals surface area contributed by atoms with E-state index in [0.29, 0.717) is 34.1 Å². The third kappa shape index (κ3) is 5.72. The van der Waals surface area contributed by atoms with E-state index in [9.17, 15) is 8.42 Å². The molecule has 2 aromatic rings. The van der Waals surface area contributed by atoms with Crippen LogP contribution in [0.4, 0.5) is 5.69 Å². The van der Waals surface area contributed by atoms with Gasteiger partial charge in [0.2, 0.25) is 10.0 Å². The lowest BCUT2D eigenvalue weighted by atomic mass is 9.88. The van der Waals surface area contributed by atoms with Crippen LogP contribution >= 0.6 is 34.8 Å². The summed E-state index contributed by atoms with van der Waals surface area (Å²) in [5.41, 5.74) is 2.21. The molecule has 0 N–H and O–H groups in total. The van der Waals surface area contributed by atoms with Crippen molar-refractivity contribution in [2.45, 2.75) is 18.9 Å². The monoisotopic (exact) mass is 515 g/mol. The second-order valence-corrected chi connectivity index (χ2v) is 12.0. The van der Waals surface area contributed by atoms with E-state index in [-0.39, 0.29) is 6.04 Å². The van der Waals surface area contributed by atoms with Crippen LogP contribution in [0.5, 0.6) is 0 Å². The Hall–Kier alpha value is -1.02. The second-order valence-electron chi connectivity index (χ2n) is 8.72. The molecular weight excluding hydrogens is 489 g/mol. The molecule has 2 aliphatic rings. The molecule has 2 saturated heterocycles. The Balaban J connectivity index is 1.50. The summed E-state index contributed by atoms with van der Waals surface area (Å²) in [6, 6.07) is 13.9. The second kappa shape index (κ2) is 10.1. The first kappa shape index (κ1) is 24.1. The third-order valence-corrected chi connectivity index (χ3v) is 8.59. The number of benzene rings is 2. The molecule has 5 nitrogen and oxygen atoms in total. The van der Waals surface area contributed by atoms with Gasteiger partial charge in [0.05, 0.1) is 12.3 Å². The zero-order valence-electron chi connectivity index (χ0n) is 18.1. The average Bonchev–Trinajstić information content (AvgIpc) is 2.74. The standard InChI is InChI=1S/C23H28Cl3N3O2S/c1-32(30,31)28-12-10-27(11-13-28)15-17-2-9-23(21-8-5-19(25)14-22(21)26)29(16-17)20-6-3-18(24)4-7-20/h3-8,14,17,23H,2,9-13,15-16H2,1H3/t17-,23-/m0/s1. The van der Waals surface area contributed by atoms with Crippen molar-refractivity contribution >= 4 is 50.5 Å². The number of piperazine rings is 1. The highest BCUT2D eigenvalue weighted by molar-refractivity contribution is 7.88. The SMILES string of the molecule is CS(=O)(=O)N1CCN(C[C@@H]2CC[C@@H](c3ccc(Cl)cc3Cl)N(c3ccc(Cl)cc3)C2)CC1. The Labute approximate surface area is 205 Å². The van der Waals surface area contributed by atoms with Gasteiger partial charge in [-0.05, 0) is 60.7 Å². The topological polar surface area (TPSA) is 43.9 Å². The smallest absolute Gasteiger partial charge is 0.211 e. The molecule has 32 heavy (non-hydrogen) atoms. The van der Waals surface area contributed by atoms with Gasteiger partial charge in [0.15, 0.2) is 0 Å². The van der Waals surface area contributed by atoms with Gasteiger partial charge in [-0.2, -0.15) is 4.31 Å². The number of hydrogen-bond acceptors (Lipinski definition) is 4. The molecule has 0 radical (unpaired) electrons. The lowest BCUT2D eigenvalue weighted by Gasteiger charge is -2.44. The Kier molecular flexibility index (Phi) is 7.60. The van der Waals surface area contributed by atoms with Crippen molar-refractivity contribution in [3.05, 3.63) is 63.1 Å². The quantitative estimate of drug-likeness (QED) is 0.549. The molecule has 2 aliphatic heterocycles. The van der Waals surface area contributed by atoms with Gasteiger partial charge in [0.25, 0.3) is 0 Å². The first-order valence-corrected chi connectivity index (χ1v) is 13.8. The molecule has 2 heterocycles. The minimum Gasteiger partial charge on any atom is -0.364 e. The number of rotatable bonds is 5. The fourth-order valence-electron chi connectivity index (χ4n) is 4.82. The molecule has 0 aliphatic carbocycles. The van der Waals surface area contributed by atoms with Crippen LogP contribution in [0.25, 0.3) is 0 Å². The highest BCUT2D eigenvalue weighted by atomic mass is 35.5. The van der Waals surface area contributed by atoms with Crippen LogP contribution in [0.15, 0.2) is 42.5 Å². The minimum atomic E-state index is -3.11. The van der Waals surface area contributed by atoms with Crippen molar-refractivity contribution in [2.75, 3.05) is 50.4 Å². The average molecular weight is 517 g/mol. The number of sulfonamides is 1. The lowest BCUT2D eigenvalue weighted by molar-refractivity contribution is 0.154. The predicted molar refractivity (Wildman–Crippen MR) is 134 cm³/mol. The van der Waals surface area contributed by atoms with E-state index < -0.39 is 10.0 Å². The maximum Gasteiger partial charge on any atom is 0.211 e. The summed E-state index contributed by atoms with van der Waals surface area (Å²) in [6.45, 7) is 4.54. The van der Waals surface area contributed by atoms with Crippen LogP contribution < -0.4 is 4.90 Å². The maximum atomic E-state index is 11.8. The number of halogens is 3. The molecule has 4 rings (SSSR count). The summed E-state index contributed by atoms with van der Waals surface area (Å²) in [4.78, 5) is 4.81. The summed E-state index contributed by atoms with van der Waals surface area (Å²) in [5, 5.41) is 2.04. The molecule has 2 fully saturated rings. The fourth-order valence-corrected chi connectivity index (χ4v) is 6.30. The van der Waals surface area contributed by atoms with Crippen LogP contribution in [-0.2, 0) is 10.0 Å². The molecular formula is C23H28Cl3N3O2S. The van der Waals surface area contributed by atoms with E-state index in [0.717, 1.165) is 50.3 Å².